The van der Waals surface area contributed by atoms with Crippen LogP contribution < -0.4 is 0 Å². The van der Waals surface area contributed by atoms with Crippen LogP contribution >= 0.6 is 11.3 Å². The summed E-state index contributed by atoms with van der Waals surface area (Å²) in [6.07, 6.45) is -0.582. The molecule has 1 fully saturated rings. The summed E-state index contributed by atoms with van der Waals surface area (Å²) in [6.45, 7) is 1.77. The van der Waals surface area contributed by atoms with Gasteiger partial charge in [-0.1, -0.05) is 0 Å². The van der Waals surface area contributed by atoms with Gasteiger partial charge in [0.2, 0.25) is 6.10 Å². The minimum absolute atomic E-state index is 0.200. The van der Waals surface area contributed by atoms with Gasteiger partial charge in [0.05, 0.1) is 21.3 Å². The predicted molar refractivity (Wildman–Crippen MR) is 69.0 cm³/mol. The van der Waals surface area contributed by atoms with E-state index in [1.807, 2.05) is 0 Å². The zero-order chi connectivity index (χ0) is 13.4. The van der Waals surface area contributed by atoms with E-state index in [1.54, 1.807) is 30.6 Å². The molecule has 19 heavy (non-hydrogen) atoms. The van der Waals surface area contributed by atoms with E-state index in [0.717, 1.165) is 10.2 Å². The number of aromatic nitrogens is 1. The molecule has 2 aromatic rings. The first-order valence-electron chi connectivity index (χ1n) is 5.88. The standard InChI is InChI=1S/C13H11NO4S/c1-7-4-10(13(16)17-7)18-12(15)8-2-3-9-11(5-8)19-6-14-9/h2-3,5-7,10H,4H2,1H3/t7-,10+/m0/s1. The van der Waals surface area contributed by atoms with Crippen molar-refractivity contribution in [1.82, 2.24) is 4.98 Å². The van der Waals surface area contributed by atoms with Gasteiger partial charge < -0.3 is 9.47 Å². The summed E-state index contributed by atoms with van der Waals surface area (Å²) < 4.78 is 11.0. The molecule has 0 saturated carbocycles. The number of nitrogens with zero attached hydrogens (tertiary/aromatic N) is 1. The van der Waals surface area contributed by atoms with Gasteiger partial charge in [-0.25, -0.2) is 14.6 Å². The maximum absolute atomic E-state index is 12.0. The lowest BCUT2D eigenvalue weighted by molar-refractivity contribution is -0.147. The highest BCUT2D eigenvalue weighted by Crippen LogP contribution is 2.22. The average molecular weight is 277 g/mol. The van der Waals surface area contributed by atoms with Crippen LogP contribution in [0.4, 0.5) is 0 Å². The Labute approximate surface area is 113 Å². The summed E-state index contributed by atoms with van der Waals surface area (Å²) >= 11 is 1.45. The van der Waals surface area contributed by atoms with Gasteiger partial charge in [-0.2, -0.15) is 0 Å². The Kier molecular flexibility index (Phi) is 2.94. The van der Waals surface area contributed by atoms with Crippen molar-refractivity contribution in [3.8, 4) is 0 Å². The molecule has 0 bridgehead atoms. The molecular formula is C13H11NO4S. The molecule has 0 amide bonds. The fraction of sp³-hybridized carbons (Fsp3) is 0.308. The molecule has 0 N–H and O–H groups in total. The van der Waals surface area contributed by atoms with Crippen molar-refractivity contribution >= 4 is 33.5 Å². The molecule has 98 valence electrons. The van der Waals surface area contributed by atoms with E-state index >= 15 is 0 Å². The maximum atomic E-state index is 12.0. The second-order valence-electron chi connectivity index (χ2n) is 4.41. The van der Waals surface area contributed by atoms with E-state index in [9.17, 15) is 9.59 Å². The van der Waals surface area contributed by atoms with Crippen molar-refractivity contribution in [3.63, 3.8) is 0 Å². The van der Waals surface area contributed by atoms with E-state index in [-0.39, 0.29) is 6.10 Å². The lowest BCUT2D eigenvalue weighted by Crippen LogP contribution is -2.22. The van der Waals surface area contributed by atoms with E-state index in [1.165, 1.54) is 11.3 Å². The Hall–Kier alpha value is -1.95. The van der Waals surface area contributed by atoms with Crippen LogP contribution in [0.5, 0.6) is 0 Å². The van der Waals surface area contributed by atoms with Gasteiger partial charge in [0, 0.05) is 6.42 Å². The number of rotatable bonds is 2. The zero-order valence-electron chi connectivity index (χ0n) is 10.2. The molecule has 2 atom stereocenters. The molecule has 6 heteroatoms. The number of carbonyl (C=O) groups excluding carboxylic acids is 2. The summed E-state index contributed by atoms with van der Waals surface area (Å²) in [4.78, 5) is 27.5. The molecule has 0 spiro atoms. The molecule has 0 aliphatic carbocycles. The summed E-state index contributed by atoms with van der Waals surface area (Å²) in [7, 11) is 0. The van der Waals surface area contributed by atoms with Crippen LogP contribution in [0, 0.1) is 0 Å². The van der Waals surface area contributed by atoms with Crippen molar-refractivity contribution in [2.24, 2.45) is 0 Å². The van der Waals surface area contributed by atoms with Crippen molar-refractivity contribution in [2.45, 2.75) is 25.6 Å². The lowest BCUT2D eigenvalue weighted by Gasteiger charge is -2.08. The third kappa shape index (κ3) is 2.31. The second kappa shape index (κ2) is 4.62. The first-order chi connectivity index (χ1) is 9.13. The quantitative estimate of drug-likeness (QED) is 0.787. The monoisotopic (exact) mass is 277 g/mol. The minimum atomic E-state index is -0.792. The number of hydrogen-bond acceptors (Lipinski definition) is 6. The van der Waals surface area contributed by atoms with Crippen molar-refractivity contribution in [2.75, 3.05) is 0 Å². The fourth-order valence-electron chi connectivity index (χ4n) is 2.00. The largest absolute Gasteiger partial charge is 0.460 e. The normalized spacial score (nSPS) is 22.5. The van der Waals surface area contributed by atoms with Crippen LogP contribution in [0.25, 0.3) is 10.2 Å². The molecule has 1 saturated heterocycles. The molecule has 5 nitrogen and oxygen atoms in total. The smallest absolute Gasteiger partial charge is 0.347 e. The number of carbonyl (C=O) groups is 2. The fourth-order valence-corrected chi connectivity index (χ4v) is 2.71. The van der Waals surface area contributed by atoms with Crippen LogP contribution in [0.3, 0.4) is 0 Å². The van der Waals surface area contributed by atoms with E-state index < -0.39 is 18.0 Å². The van der Waals surface area contributed by atoms with Crippen LogP contribution in [-0.2, 0) is 14.3 Å². The van der Waals surface area contributed by atoms with Gasteiger partial charge in [-0.15, -0.1) is 11.3 Å². The highest BCUT2D eigenvalue weighted by atomic mass is 32.1. The molecule has 0 radical (unpaired) electrons. The van der Waals surface area contributed by atoms with E-state index in [4.69, 9.17) is 9.47 Å². The number of benzene rings is 1. The molecule has 2 heterocycles. The predicted octanol–water partition coefficient (Wildman–Crippen LogP) is 2.16. The topological polar surface area (TPSA) is 65.5 Å². The minimum Gasteiger partial charge on any atom is -0.460 e. The molecular weight excluding hydrogens is 266 g/mol. The van der Waals surface area contributed by atoms with Gasteiger partial charge in [-0.05, 0) is 25.1 Å². The van der Waals surface area contributed by atoms with Gasteiger partial charge in [0.1, 0.15) is 6.10 Å². The first-order valence-corrected chi connectivity index (χ1v) is 6.76. The van der Waals surface area contributed by atoms with Gasteiger partial charge in [0.25, 0.3) is 0 Å². The van der Waals surface area contributed by atoms with Crippen LogP contribution in [0.15, 0.2) is 23.7 Å². The Morgan fingerprint density at radius 1 is 1.53 bits per heavy atom. The molecule has 3 rings (SSSR count). The molecule has 1 aliphatic heterocycles. The van der Waals surface area contributed by atoms with Crippen LogP contribution in [-0.4, -0.2) is 29.1 Å². The number of fused-ring (bicyclic) bond motifs is 1. The third-order valence-electron chi connectivity index (χ3n) is 2.94. The highest BCUT2D eigenvalue weighted by molar-refractivity contribution is 7.16. The number of thiazole rings is 1. The summed E-state index contributed by atoms with van der Waals surface area (Å²) in [5.41, 5.74) is 2.98. The number of cyclic esters (lactones) is 1. The first kappa shape index (κ1) is 12.1. The lowest BCUT2D eigenvalue weighted by atomic mass is 10.2. The Morgan fingerprint density at radius 2 is 2.37 bits per heavy atom. The molecule has 1 aromatic heterocycles. The summed E-state index contributed by atoms with van der Waals surface area (Å²) in [5.74, 6) is -0.980. The maximum Gasteiger partial charge on any atom is 0.347 e. The summed E-state index contributed by atoms with van der Waals surface area (Å²) in [5, 5.41) is 0. The van der Waals surface area contributed by atoms with Gasteiger partial charge in [0.15, 0.2) is 0 Å². The van der Waals surface area contributed by atoms with Gasteiger partial charge >= 0.3 is 11.9 Å². The van der Waals surface area contributed by atoms with Gasteiger partial charge in [-0.3, -0.25) is 0 Å². The van der Waals surface area contributed by atoms with Crippen LogP contribution in [0.1, 0.15) is 23.7 Å². The highest BCUT2D eigenvalue weighted by Gasteiger charge is 2.35. The number of ether oxygens (including phenoxy) is 2. The summed E-state index contributed by atoms with van der Waals surface area (Å²) in [6, 6.07) is 5.13. The Balaban J connectivity index is 1.78. The van der Waals surface area contributed by atoms with Crippen molar-refractivity contribution < 1.29 is 19.1 Å². The van der Waals surface area contributed by atoms with Crippen molar-refractivity contribution in [3.05, 3.63) is 29.3 Å². The molecule has 0 unspecified atom stereocenters. The zero-order valence-corrected chi connectivity index (χ0v) is 11.0. The molecule has 1 aromatic carbocycles. The average Bonchev–Trinajstić information content (AvgIpc) is 2.95. The Morgan fingerprint density at radius 3 is 3.11 bits per heavy atom. The second-order valence-corrected chi connectivity index (χ2v) is 5.30. The van der Waals surface area contributed by atoms with E-state index in [2.05, 4.69) is 4.98 Å². The molecule has 1 aliphatic rings. The SMILES string of the molecule is C[C@H]1C[C@@H](OC(=O)c2ccc3ncsc3c2)C(=O)O1. The number of hydrogen-bond donors (Lipinski definition) is 0. The number of esters is 2. The third-order valence-corrected chi connectivity index (χ3v) is 3.73. The van der Waals surface area contributed by atoms with Crippen LogP contribution in [0.2, 0.25) is 0 Å². The Bertz CT molecular complexity index is 651. The van der Waals surface area contributed by atoms with Crippen molar-refractivity contribution in [1.29, 1.82) is 0 Å². The van der Waals surface area contributed by atoms with E-state index in [0.29, 0.717) is 12.0 Å².